The van der Waals surface area contributed by atoms with Gasteiger partial charge in [-0.1, -0.05) is 57.9 Å². The lowest BCUT2D eigenvalue weighted by Gasteiger charge is -2.32. The number of aliphatic hydroxyl groups excluding tert-OH is 1. The van der Waals surface area contributed by atoms with Crippen LogP contribution in [0.5, 0.6) is 0 Å². The minimum absolute atomic E-state index is 0.0161. The molecule has 0 aliphatic heterocycles. The highest BCUT2D eigenvalue weighted by molar-refractivity contribution is 7.92. The quantitative estimate of drug-likeness (QED) is 0.242. The normalized spacial score (nSPS) is 13.8. The third kappa shape index (κ3) is 11.5. The fraction of sp³-hybridized carbons (Fsp3) is 0.548. The Balaban J connectivity index is 2.42. The number of benzene rings is 2. The van der Waals surface area contributed by atoms with Crippen molar-refractivity contribution >= 4 is 21.8 Å². The first-order chi connectivity index (χ1) is 20.3. The Hall–Kier alpha value is -3.09. The zero-order valence-electron chi connectivity index (χ0n) is 25.4. The summed E-state index contributed by atoms with van der Waals surface area (Å²) in [6.45, 7) is 5.38. The number of sulfone groups is 1. The molecule has 0 bridgehead atoms. The molecular weight excluding hydrogens is 580 g/mol. The first kappa shape index (κ1) is 36.1. The lowest BCUT2D eigenvalue weighted by Crippen LogP contribution is -2.55. The predicted octanol–water partition coefficient (Wildman–Crippen LogP) is 3.89. The second-order valence-electron chi connectivity index (χ2n) is 10.8. The van der Waals surface area contributed by atoms with Gasteiger partial charge in [0.05, 0.1) is 24.2 Å². The van der Waals surface area contributed by atoms with Gasteiger partial charge in [-0.2, -0.15) is 0 Å². The number of nitrogens with one attached hydrogen (secondary N) is 1. The number of nitrogens with two attached hydrogens (primary N) is 1. The maximum Gasteiger partial charge on any atom is 0.407 e. The Bertz CT molecular complexity index is 1280. The number of carbonyl (C=O) groups is 2. The molecule has 0 aliphatic rings. The molecule has 9 nitrogen and oxygen atoms in total. The molecule has 0 unspecified atom stereocenters. The number of aryl methyl sites for hydroxylation is 1. The molecule has 0 aliphatic carbocycles. The van der Waals surface area contributed by atoms with Crippen LogP contribution in [-0.4, -0.2) is 73.3 Å². The van der Waals surface area contributed by atoms with E-state index in [1.165, 1.54) is 4.90 Å². The number of halogens is 2. The molecule has 3 atom stereocenters. The molecule has 0 aromatic heterocycles. The Morgan fingerprint density at radius 3 is 2.16 bits per heavy atom. The lowest BCUT2D eigenvalue weighted by molar-refractivity contribution is -0.135. The predicted molar refractivity (Wildman–Crippen MR) is 162 cm³/mol. The van der Waals surface area contributed by atoms with Crippen LogP contribution in [0.3, 0.4) is 0 Å². The van der Waals surface area contributed by atoms with Crippen molar-refractivity contribution in [3.05, 3.63) is 70.8 Å². The number of carbonyl (C=O) groups excluding carboxylic acids is 2. The van der Waals surface area contributed by atoms with E-state index in [2.05, 4.69) is 10.1 Å². The average Bonchev–Trinajstić information content (AvgIpc) is 2.95. The fourth-order valence-corrected chi connectivity index (χ4v) is 7.16. The summed E-state index contributed by atoms with van der Waals surface area (Å²) in [4.78, 5) is 27.5. The molecule has 12 heteroatoms. The Morgan fingerprint density at radius 2 is 1.60 bits per heavy atom. The molecule has 2 rings (SSSR count). The summed E-state index contributed by atoms with van der Waals surface area (Å²) in [5.74, 6) is -2.97. The highest BCUT2D eigenvalue weighted by atomic mass is 32.2. The molecular formula is C31H45F2N3O6S. The van der Waals surface area contributed by atoms with Crippen LogP contribution in [0, 0.1) is 11.6 Å². The van der Waals surface area contributed by atoms with Crippen molar-refractivity contribution in [2.75, 3.05) is 19.4 Å². The Kier molecular flexibility index (Phi) is 14.5. The van der Waals surface area contributed by atoms with Gasteiger partial charge in [0.2, 0.25) is 5.91 Å². The number of nitrogens with zero attached hydrogens (tertiary/aromatic N) is 1. The SMILES string of the molecule is CCCC(CCC)S(=O)(=O)C[C@@H](NC(=O)OC)C(=O)N(Cc1cccc(CC)c1)C[C@@H](O)[C@@H](N)Cc1cc(F)cc(F)c1. The van der Waals surface area contributed by atoms with Crippen molar-refractivity contribution in [2.24, 2.45) is 5.73 Å². The van der Waals surface area contributed by atoms with Gasteiger partial charge in [-0.25, -0.2) is 22.0 Å². The summed E-state index contributed by atoms with van der Waals surface area (Å²) < 4.78 is 59.0. The Labute approximate surface area is 253 Å². The summed E-state index contributed by atoms with van der Waals surface area (Å²) in [5, 5.41) is 12.7. The number of amides is 2. The zero-order valence-corrected chi connectivity index (χ0v) is 26.2. The van der Waals surface area contributed by atoms with Gasteiger partial charge in [0, 0.05) is 25.2 Å². The molecule has 2 aromatic carbocycles. The number of alkyl carbamates (subject to hydrolysis) is 1. The van der Waals surface area contributed by atoms with Gasteiger partial charge < -0.3 is 25.8 Å². The summed E-state index contributed by atoms with van der Waals surface area (Å²) in [6.07, 6.45) is 0.409. The molecule has 0 saturated carbocycles. The maximum absolute atomic E-state index is 14.0. The molecule has 0 spiro atoms. The number of hydrogen-bond donors (Lipinski definition) is 3. The van der Waals surface area contributed by atoms with Gasteiger partial charge in [0.1, 0.15) is 17.7 Å². The fourth-order valence-electron chi connectivity index (χ4n) is 5.01. The maximum atomic E-state index is 14.0. The smallest absolute Gasteiger partial charge is 0.407 e. The number of rotatable bonds is 17. The van der Waals surface area contributed by atoms with E-state index in [9.17, 15) is 31.9 Å². The van der Waals surface area contributed by atoms with E-state index in [0.29, 0.717) is 25.7 Å². The molecule has 0 fully saturated rings. The monoisotopic (exact) mass is 625 g/mol. The second kappa shape index (κ2) is 17.3. The van der Waals surface area contributed by atoms with Crippen LogP contribution in [0.25, 0.3) is 0 Å². The standard InChI is InChI=1S/C31H45F2N3O6S/c1-5-9-26(10-6-2)43(40,41)20-28(35-31(39)42-4)30(38)36(18-22-12-8-11-21(7-3)13-22)19-29(37)27(34)16-23-14-24(32)17-25(33)15-23/h8,11-15,17,26-29,37H,5-7,9-10,16,18-20,34H2,1-4H3,(H,35,39)/t27-,28+,29+/m0/s1. The number of hydrogen-bond acceptors (Lipinski definition) is 7. The minimum atomic E-state index is -3.83. The van der Waals surface area contributed by atoms with Crippen molar-refractivity contribution < 1.29 is 36.6 Å². The van der Waals surface area contributed by atoms with Gasteiger partial charge >= 0.3 is 6.09 Å². The van der Waals surface area contributed by atoms with E-state index < -0.39 is 62.7 Å². The third-order valence-electron chi connectivity index (χ3n) is 7.28. The molecule has 2 aromatic rings. The van der Waals surface area contributed by atoms with Crippen LogP contribution in [0.2, 0.25) is 0 Å². The van der Waals surface area contributed by atoms with E-state index in [-0.39, 0.29) is 25.1 Å². The highest BCUT2D eigenvalue weighted by Crippen LogP contribution is 2.19. The number of methoxy groups -OCH3 is 1. The number of aliphatic hydroxyl groups is 1. The summed E-state index contributed by atoms with van der Waals surface area (Å²) >= 11 is 0. The van der Waals surface area contributed by atoms with Crippen molar-refractivity contribution in [1.29, 1.82) is 0 Å². The van der Waals surface area contributed by atoms with Gasteiger partial charge in [-0.3, -0.25) is 4.79 Å². The van der Waals surface area contributed by atoms with Crippen molar-refractivity contribution in [2.45, 2.75) is 89.3 Å². The molecule has 0 heterocycles. The first-order valence-electron chi connectivity index (χ1n) is 14.6. The molecule has 4 N–H and O–H groups in total. The molecule has 2 amide bonds. The van der Waals surface area contributed by atoms with Crippen molar-refractivity contribution in [3.8, 4) is 0 Å². The minimum Gasteiger partial charge on any atom is -0.453 e. The van der Waals surface area contributed by atoms with Crippen LogP contribution in [0.1, 0.15) is 63.1 Å². The van der Waals surface area contributed by atoms with Gasteiger partial charge in [0.15, 0.2) is 9.84 Å². The summed E-state index contributed by atoms with van der Waals surface area (Å²) in [5.41, 5.74) is 8.15. The topological polar surface area (TPSA) is 139 Å². The van der Waals surface area contributed by atoms with Gasteiger partial charge in [0.25, 0.3) is 0 Å². The molecule has 0 saturated heterocycles. The van der Waals surface area contributed by atoms with E-state index in [0.717, 1.165) is 42.9 Å². The van der Waals surface area contributed by atoms with Crippen LogP contribution in [-0.2, 0) is 38.8 Å². The van der Waals surface area contributed by atoms with E-state index in [1.807, 2.05) is 39.0 Å². The largest absolute Gasteiger partial charge is 0.453 e. The second-order valence-corrected chi connectivity index (χ2v) is 13.1. The van der Waals surface area contributed by atoms with Crippen molar-refractivity contribution in [3.63, 3.8) is 0 Å². The molecule has 43 heavy (non-hydrogen) atoms. The van der Waals surface area contributed by atoms with E-state index in [1.54, 1.807) is 6.07 Å². The van der Waals surface area contributed by atoms with Gasteiger partial charge in [-0.05, 0) is 54.5 Å². The lowest BCUT2D eigenvalue weighted by atomic mass is 10.0. The van der Waals surface area contributed by atoms with Crippen LogP contribution < -0.4 is 11.1 Å². The first-order valence-corrected chi connectivity index (χ1v) is 16.4. The van der Waals surface area contributed by atoms with Crippen LogP contribution >= 0.6 is 0 Å². The molecule has 0 radical (unpaired) electrons. The van der Waals surface area contributed by atoms with E-state index in [4.69, 9.17) is 5.73 Å². The Morgan fingerprint density at radius 1 is 1.00 bits per heavy atom. The van der Waals surface area contributed by atoms with Crippen LogP contribution in [0.4, 0.5) is 13.6 Å². The zero-order chi connectivity index (χ0) is 32.2. The summed E-state index contributed by atoms with van der Waals surface area (Å²) in [7, 11) is -2.73. The third-order valence-corrected chi connectivity index (χ3v) is 9.57. The van der Waals surface area contributed by atoms with Gasteiger partial charge in [-0.15, -0.1) is 0 Å². The van der Waals surface area contributed by atoms with Crippen molar-refractivity contribution in [1.82, 2.24) is 10.2 Å². The average molecular weight is 626 g/mol. The molecule has 240 valence electrons. The van der Waals surface area contributed by atoms with Crippen LogP contribution in [0.15, 0.2) is 42.5 Å². The summed E-state index contributed by atoms with van der Waals surface area (Å²) in [6, 6.07) is 7.86. The highest BCUT2D eigenvalue weighted by Gasteiger charge is 2.35. The van der Waals surface area contributed by atoms with E-state index >= 15 is 0 Å². The number of ether oxygens (including phenoxy) is 1.